The van der Waals surface area contributed by atoms with E-state index in [0.29, 0.717) is 5.69 Å². The predicted octanol–water partition coefficient (Wildman–Crippen LogP) is 2.21. The highest BCUT2D eigenvalue weighted by Gasteiger charge is 2.21. The normalized spacial score (nSPS) is 12.0. The topological polar surface area (TPSA) is 101 Å². The molecule has 2 aromatic rings. The van der Waals surface area contributed by atoms with Gasteiger partial charge in [0.25, 0.3) is 0 Å². The number of amides is 1. The van der Waals surface area contributed by atoms with Gasteiger partial charge in [-0.05, 0) is 24.3 Å². The predicted molar refractivity (Wildman–Crippen MR) is 95.5 cm³/mol. The van der Waals surface area contributed by atoms with Crippen LogP contribution in [0.15, 0.2) is 41.7 Å². The highest BCUT2D eigenvalue weighted by atomic mass is 32.2. The molecule has 1 aromatic heterocycles. The number of sulfonamides is 1. The summed E-state index contributed by atoms with van der Waals surface area (Å²) in [5.74, 6) is -0.215. The lowest BCUT2D eigenvalue weighted by atomic mass is 9.89. The molecule has 25 heavy (non-hydrogen) atoms. The third kappa shape index (κ3) is 5.07. The maximum atomic E-state index is 12.5. The summed E-state index contributed by atoms with van der Waals surface area (Å²) in [6.07, 6.45) is 3.08. The Bertz CT molecular complexity index is 856. The number of nitrogens with zero attached hydrogens (tertiary/aromatic N) is 2. The molecule has 0 saturated carbocycles. The molecule has 0 aliphatic heterocycles. The summed E-state index contributed by atoms with van der Waals surface area (Å²) in [7, 11) is -3.68. The molecule has 0 bridgehead atoms. The van der Waals surface area contributed by atoms with Crippen molar-refractivity contribution in [2.24, 2.45) is 0 Å². The van der Waals surface area contributed by atoms with E-state index in [9.17, 15) is 13.2 Å². The first-order valence-electron chi connectivity index (χ1n) is 7.76. The minimum Gasteiger partial charge on any atom is -0.326 e. The number of carbonyl (C=O) groups is 1. The average molecular weight is 362 g/mol. The quantitative estimate of drug-likeness (QED) is 0.849. The summed E-state index contributed by atoms with van der Waals surface area (Å²) in [6.45, 7) is 7.51. The zero-order valence-electron chi connectivity index (χ0n) is 14.7. The molecule has 0 spiro atoms. The van der Waals surface area contributed by atoms with Crippen LogP contribution in [0.1, 0.15) is 39.0 Å². The average Bonchev–Trinajstić information content (AvgIpc) is 2.52. The van der Waals surface area contributed by atoms with Gasteiger partial charge < -0.3 is 5.32 Å². The summed E-state index contributed by atoms with van der Waals surface area (Å²) < 4.78 is 27.5. The highest BCUT2D eigenvalue weighted by Crippen LogP contribution is 2.23. The third-order valence-electron chi connectivity index (χ3n) is 3.44. The first-order valence-corrected chi connectivity index (χ1v) is 9.24. The van der Waals surface area contributed by atoms with E-state index in [4.69, 9.17) is 0 Å². The van der Waals surface area contributed by atoms with Gasteiger partial charge in [0.2, 0.25) is 15.9 Å². The van der Waals surface area contributed by atoms with Gasteiger partial charge in [0.1, 0.15) is 6.33 Å². The Kier molecular flexibility index (Phi) is 5.54. The van der Waals surface area contributed by atoms with Crippen LogP contribution in [-0.4, -0.2) is 24.3 Å². The van der Waals surface area contributed by atoms with Crippen LogP contribution in [0.4, 0.5) is 5.69 Å². The minimum atomic E-state index is -3.68. The number of benzene rings is 1. The summed E-state index contributed by atoms with van der Waals surface area (Å²) >= 11 is 0. The minimum absolute atomic E-state index is 0.100. The molecule has 1 amide bonds. The highest BCUT2D eigenvalue weighted by molar-refractivity contribution is 7.89. The van der Waals surface area contributed by atoms with Crippen molar-refractivity contribution in [2.45, 2.75) is 44.6 Å². The molecule has 7 nitrogen and oxygen atoms in total. The van der Waals surface area contributed by atoms with Gasteiger partial charge in [-0.15, -0.1) is 0 Å². The van der Waals surface area contributed by atoms with Crippen molar-refractivity contribution in [3.63, 3.8) is 0 Å². The molecule has 1 heterocycles. The molecular formula is C17H22N4O3S. The van der Waals surface area contributed by atoms with Crippen molar-refractivity contribution in [1.82, 2.24) is 14.7 Å². The Labute approximate surface area is 148 Å². The van der Waals surface area contributed by atoms with E-state index >= 15 is 0 Å². The lowest BCUT2D eigenvalue weighted by molar-refractivity contribution is -0.114. The Morgan fingerprint density at radius 1 is 1.16 bits per heavy atom. The van der Waals surface area contributed by atoms with Crippen LogP contribution in [0.3, 0.4) is 0 Å². The standard InChI is InChI=1S/C17H22N4O3S/c1-12(22)21-14-5-7-15(8-6-14)25(23,24)20-10-13-9-18-11-19-16(13)17(2,3)4/h5-9,11,20H,10H2,1-4H3,(H,21,22). The number of rotatable bonds is 5. The molecule has 8 heteroatoms. The number of hydrogen-bond acceptors (Lipinski definition) is 5. The second-order valence-electron chi connectivity index (χ2n) is 6.68. The zero-order chi connectivity index (χ0) is 18.7. The number of aromatic nitrogens is 2. The SMILES string of the molecule is CC(=O)Nc1ccc(S(=O)(=O)NCc2cncnc2C(C)(C)C)cc1. The monoisotopic (exact) mass is 362 g/mol. The van der Waals surface area contributed by atoms with E-state index in [1.807, 2.05) is 20.8 Å². The first kappa shape index (κ1) is 19.0. The van der Waals surface area contributed by atoms with Gasteiger partial charge in [0.05, 0.1) is 10.6 Å². The molecule has 0 aliphatic rings. The maximum Gasteiger partial charge on any atom is 0.240 e. The Balaban J connectivity index is 2.16. The van der Waals surface area contributed by atoms with E-state index in [1.165, 1.54) is 25.4 Å². The largest absolute Gasteiger partial charge is 0.326 e. The van der Waals surface area contributed by atoms with E-state index in [-0.39, 0.29) is 22.8 Å². The molecule has 0 saturated heterocycles. The van der Waals surface area contributed by atoms with Crippen LogP contribution in [0.2, 0.25) is 0 Å². The second-order valence-corrected chi connectivity index (χ2v) is 8.44. The smallest absolute Gasteiger partial charge is 0.240 e. The van der Waals surface area contributed by atoms with Crippen LogP contribution in [0.5, 0.6) is 0 Å². The lowest BCUT2D eigenvalue weighted by Crippen LogP contribution is -2.26. The molecule has 0 unspecified atom stereocenters. The van der Waals surface area contributed by atoms with Crippen LogP contribution >= 0.6 is 0 Å². The summed E-state index contributed by atoms with van der Waals surface area (Å²) in [5, 5.41) is 2.59. The van der Waals surface area contributed by atoms with Crippen LogP contribution in [-0.2, 0) is 26.8 Å². The first-order chi connectivity index (χ1) is 11.6. The molecular weight excluding hydrogens is 340 g/mol. The molecule has 2 N–H and O–H groups in total. The summed E-state index contributed by atoms with van der Waals surface area (Å²) in [6, 6.07) is 5.98. The Hall–Kier alpha value is -2.32. The van der Waals surface area contributed by atoms with Crippen LogP contribution < -0.4 is 10.0 Å². The van der Waals surface area contributed by atoms with Gasteiger partial charge in [-0.2, -0.15) is 0 Å². The number of nitrogens with one attached hydrogen (secondary N) is 2. The van der Waals surface area contributed by atoms with Gasteiger partial charge >= 0.3 is 0 Å². The Morgan fingerprint density at radius 3 is 2.36 bits per heavy atom. The molecule has 0 radical (unpaired) electrons. The van der Waals surface area contributed by atoms with E-state index in [1.54, 1.807) is 18.3 Å². The fourth-order valence-corrected chi connectivity index (χ4v) is 3.35. The summed E-state index contributed by atoms with van der Waals surface area (Å²) in [4.78, 5) is 19.4. The van der Waals surface area contributed by atoms with Gasteiger partial charge in [0.15, 0.2) is 0 Å². The zero-order valence-corrected chi connectivity index (χ0v) is 15.5. The van der Waals surface area contributed by atoms with Crippen molar-refractivity contribution in [3.8, 4) is 0 Å². The molecule has 0 fully saturated rings. The fraction of sp³-hybridized carbons (Fsp3) is 0.353. The summed E-state index contributed by atoms with van der Waals surface area (Å²) in [5.41, 5.74) is 1.85. The van der Waals surface area contributed by atoms with Crippen LogP contribution in [0.25, 0.3) is 0 Å². The third-order valence-corrected chi connectivity index (χ3v) is 4.85. The van der Waals surface area contributed by atoms with Crippen molar-refractivity contribution >= 4 is 21.6 Å². The van der Waals surface area contributed by atoms with Gasteiger partial charge in [0, 0.05) is 36.3 Å². The van der Waals surface area contributed by atoms with Crippen molar-refractivity contribution in [2.75, 3.05) is 5.32 Å². The van der Waals surface area contributed by atoms with Crippen molar-refractivity contribution < 1.29 is 13.2 Å². The number of hydrogen-bond donors (Lipinski definition) is 2. The van der Waals surface area contributed by atoms with Crippen molar-refractivity contribution in [3.05, 3.63) is 48.0 Å². The van der Waals surface area contributed by atoms with Crippen molar-refractivity contribution in [1.29, 1.82) is 0 Å². The number of carbonyl (C=O) groups excluding carboxylic acids is 1. The fourth-order valence-electron chi connectivity index (χ4n) is 2.34. The van der Waals surface area contributed by atoms with Gasteiger partial charge in [-0.3, -0.25) is 4.79 Å². The van der Waals surface area contributed by atoms with Gasteiger partial charge in [-0.1, -0.05) is 20.8 Å². The molecule has 0 aliphatic carbocycles. The molecule has 1 aromatic carbocycles. The van der Waals surface area contributed by atoms with E-state index < -0.39 is 10.0 Å². The molecule has 2 rings (SSSR count). The number of anilines is 1. The Morgan fingerprint density at radius 2 is 1.80 bits per heavy atom. The van der Waals surface area contributed by atoms with Gasteiger partial charge in [-0.25, -0.2) is 23.1 Å². The lowest BCUT2D eigenvalue weighted by Gasteiger charge is -2.21. The molecule has 134 valence electrons. The van der Waals surface area contributed by atoms with E-state index in [2.05, 4.69) is 20.0 Å². The van der Waals surface area contributed by atoms with E-state index in [0.717, 1.165) is 11.3 Å². The second kappa shape index (κ2) is 7.28. The van der Waals surface area contributed by atoms with Crippen LogP contribution in [0, 0.1) is 0 Å². The molecule has 0 atom stereocenters. The maximum absolute atomic E-state index is 12.5.